The molecule has 100 valence electrons. The van der Waals surface area contributed by atoms with Crippen LogP contribution in [0.1, 0.15) is 31.2 Å². The molecule has 4 heteroatoms. The Balaban J connectivity index is 1.58. The van der Waals surface area contributed by atoms with Crippen molar-refractivity contribution in [2.45, 2.75) is 31.8 Å². The van der Waals surface area contributed by atoms with E-state index in [4.69, 9.17) is 10.00 Å². The number of hydrogen-bond acceptors (Lipinski definition) is 4. The highest BCUT2D eigenvalue weighted by atomic mass is 16.5. The zero-order chi connectivity index (χ0) is 13.1. The fraction of sp³-hybridized carbons (Fsp3) is 0.600. The van der Waals surface area contributed by atoms with E-state index in [1.54, 1.807) is 6.20 Å². The quantitative estimate of drug-likeness (QED) is 0.816. The minimum Gasteiger partial charge on any atom is -0.378 e. The van der Waals surface area contributed by atoms with E-state index in [0.717, 1.165) is 31.4 Å². The molecule has 2 aliphatic heterocycles. The van der Waals surface area contributed by atoms with Crippen molar-refractivity contribution in [2.24, 2.45) is 5.92 Å². The standard InChI is InChI=1S/C15H19N3O/c16-10-12-3-4-15(17-11-12)18-7-5-13(6-8-18)14-2-1-9-19-14/h3-4,11,13-14H,1-2,5-9H2. The Bertz CT molecular complexity index is 451. The zero-order valence-electron chi connectivity index (χ0n) is 11.1. The summed E-state index contributed by atoms with van der Waals surface area (Å²) in [7, 11) is 0. The summed E-state index contributed by atoms with van der Waals surface area (Å²) in [6.07, 6.45) is 6.98. The van der Waals surface area contributed by atoms with Crippen LogP contribution in [0.5, 0.6) is 0 Å². The minimum absolute atomic E-state index is 0.496. The summed E-state index contributed by atoms with van der Waals surface area (Å²) >= 11 is 0. The molecule has 2 saturated heterocycles. The third-order valence-corrected chi connectivity index (χ3v) is 4.23. The monoisotopic (exact) mass is 257 g/mol. The first-order chi connectivity index (χ1) is 9.36. The van der Waals surface area contributed by atoms with E-state index in [-0.39, 0.29) is 0 Å². The van der Waals surface area contributed by atoms with Gasteiger partial charge in [0.25, 0.3) is 0 Å². The molecular weight excluding hydrogens is 238 g/mol. The van der Waals surface area contributed by atoms with Crippen LogP contribution in [0.25, 0.3) is 0 Å². The molecule has 0 spiro atoms. The van der Waals surface area contributed by atoms with Crippen LogP contribution in [0.3, 0.4) is 0 Å². The van der Waals surface area contributed by atoms with Crippen molar-refractivity contribution in [2.75, 3.05) is 24.6 Å². The van der Waals surface area contributed by atoms with Gasteiger partial charge in [-0.15, -0.1) is 0 Å². The molecule has 19 heavy (non-hydrogen) atoms. The number of anilines is 1. The summed E-state index contributed by atoms with van der Waals surface area (Å²) in [5, 5.41) is 8.78. The van der Waals surface area contributed by atoms with E-state index >= 15 is 0 Å². The highest BCUT2D eigenvalue weighted by molar-refractivity contribution is 5.42. The number of rotatable bonds is 2. The normalized spacial score (nSPS) is 24.4. The SMILES string of the molecule is N#Cc1ccc(N2CCC(C3CCCO3)CC2)nc1. The Labute approximate surface area is 114 Å². The number of pyridine rings is 1. The lowest BCUT2D eigenvalue weighted by atomic mass is 9.90. The molecule has 0 radical (unpaired) electrons. The predicted octanol–water partition coefficient (Wildman–Crippen LogP) is 2.35. The molecule has 1 atom stereocenters. The van der Waals surface area contributed by atoms with Gasteiger partial charge < -0.3 is 9.64 Å². The largest absolute Gasteiger partial charge is 0.378 e. The van der Waals surface area contributed by atoms with Crippen molar-refractivity contribution in [1.82, 2.24) is 4.98 Å². The lowest BCUT2D eigenvalue weighted by molar-refractivity contribution is 0.0531. The maximum atomic E-state index is 8.78. The minimum atomic E-state index is 0.496. The molecule has 4 nitrogen and oxygen atoms in total. The van der Waals surface area contributed by atoms with E-state index in [1.165, 1.54) is 25.7 Å². The van der Waals surface area contributed by atoms with Gasteiger partial charge in [-0.3, -0.25) is 0 Å². The number of nitrogens with zero attached hydrogens (tertiary/aromatic N) is 3. The van der Waals surface area contributed by atoms with Crippen LogP contribution in [-0.2, 0) is 4.74 Å². The van der Waals surface area contributed by atoms with Gasteiger partial charge in [0, 0.05) is 25.9 Å². The van der Waals surface area contributed by atoms with Crippen molar-refractivity contribution in [3.05, 3.63) is 23.9 Å². The Morgan fingerprint density at radius 3 is 2.68 bits per heavy atom. The second-order valence-electron chi connectivity index (χ2n) is 5.39. The average molecular weight is 257 g/mol. The van der Waals surface area contributed by atoms with Gasteiger partial charge in [0.1, 0.15) is 11.9 Å². The Morgan fingerprint density at radius 2 is 2.11 bits per heavy atom. The van der Waals surface area contributed by atoms with Gasteiger partial charge >= 0.3 is 0 Å². The number of piperidine rings is 1. The molecule has 0 aromatic carbocycles. The van der Waals surface area contributed by atoms with Gasteiger partial charge in [-0.05, 0) is 43.7 Å². The molecule has 2 aliphatic rings. The molecule has 2 fully saturated rings. The number of ether oxygens (including phenoxy) is 1. The van der Waals surface area contributed by atoms with Crippen LogP contribution in [0.4, 0.5) is 5.82 Å². The summed E-state index contributed by atoms with van der Waals surface area (Å²) in [4.78, 5) is 6.68. The molecule has 0 bridgehead atoms. The lowest BCUT2D eigenvalue weighted by Crippen LogP contribution is -2.38. The zero-order valence-corrected chi connectivity index (χ0v) is 11.1. The molecule has 1 unspecified atom stereocenters. The number of nitriles is 1. The van der Waals surface area contributed by atoms with Crippen LogP contribution in [0.15, 0.2) is 18.3 Å². The molecule has 0 amide bonds. The fourth-order valence-corrected chi connectivity index (χ4v) is 3.11. The molecular formula is C15H19N3O. The van der Waals surface area contributed by atoms with Gasteiger partial charge in [-0.2, -0.15) is 5.26 Å². The summed E-state index contributed by atoms with van der Waals surface area (Å²) < 4.78 is 5.79. The lowest BCUT2D eigenvalue weighted by Gasteiger charge is -2.35. The van der Waals surface area contributed by atoms with Crippen molar-refractivity contribution < 1.29 is 4.74 Å². The van der Waals surface area contributed by atoms with Crippen LogP contribution in [0.2, 0.25) is 0 Å². The van der Waals surface area contributed by atoms with E-state index in [9.17, 15) is 0 Å². The maximum absolute atomic E-state index is 8.78. The van der Waals surface area contributed by atoms with Gasteiger partial charge in [0.05, 0.1) is 11.7 Å². The van der Waals surface area contributed by atoms with Crippen LogP contribution >= 0.6 is 0 Å². The smallest absolute Gasteiger partial charge is 0.128 e. The summed E-state index contributed by atoms with van der Waals surface area (Å²) in [5.41, 5.74) is 0.623. The fourth-order valence-electron chi connectivity index (χ4n) is 3.11. The van der Waals surface area contributed by atoms with Crippen molar-refractivity contribution in [1.29, 1.82) is 5.26 Å². The van der Waals surface area contributed by atoms with E-state index in [1.807, 2.05) is 12.1 Å². The number of hydrogen-bond donors (Lipinski definition) is 0. The highest BCUT2D eigenvalue weighted by Crippen LogP contribution is 2.30. The Morgan fingerprint density at radius 1 is 1.26 bits per heavy atom. The summed E-state index contributed by atoms with van der Waals surface area (Å²) in [6.45, 7) is 3.04. The second-order valence-corrected chi connectivity index (χ2v) is 5.39. The van der Waals surface area contributed by atoms with Crippen molar-refractivity contribution in [3.8, 4) is 6.07 Å². The van der Waals surface area contributed by atoms with E-state index < -0.39 is 0 Å². The first-order valence-corrected chi connectivity index (χ1v) is 7.09. The first kappa shape index (κ1) is 12.4. The molecule has 1 aromatic rings. The van der Waals surface area contributed by atoms with E-state index in [0.29, 0.717) is 11.7 Å². The van der Waals surface area contributed by atoms with Gasteiger partial charge in [-0.1, -0.05) is 0 Å². The van der Waals surface area contributed by atoms with Gasteiger partial charge in [0.15, 0.2) is 0 Å². The Hall–Kier alpha value is -1.60. The molecule has 0 aliphatic carbocycles. The van der Waals surface area contributed by atoms with Crippen LogP contribution in [-0.4, -0.2) is 30.8 Å². The molecule has 3 heterocycles. The molecule has 0 N–H and O–H groups in total. The Kier molecular flexibility index (Phi) is 3.65. The second kappa shape index (κ2) is 5.58. The summed E-state index contributed by atoms with van der Waals surface area (Å²) in [5.74, 6) is 1.71. The van der Waals surface area contributed by atoms with Gasteiger partial charge in [-0.25, -0.2) is 4.98 Å². The van der Waals surface area contributed by atoms with Crippen molar-refractivity contribution in [3.63, 3.8) is 0 Å². The third kappa shape index (κ3) is 2.71. The van der Waals surface area contributed by atoms with Crippen molar-refractivity contribution >= 4 is 5.82 Å². The van der Waals surface area contributed by atoms with E-state index in [2.05, 4.69) is 16.0 Å². The number of aromatic nitrogens is 1. The maximum Gasteiger partial charge on any atom is 0.128 e. The average Bonchev–Trinajstić information content (AvgIpc) is 3.02. The van der Waals surface area contributed by atoms with Gasteiger partial charge in [0.2, 0.25) is 0 Å². The highest BCUT2D eigenvalue weighted by Gasteiger charge is 2.29. The van der Waals surface area contributed by atoms with Crippen LogP contribution in [0, 0.1) is 17.2 Å². The molecule has 1 aromatic heterocycles. The first-order valence-electron chi connectivity index (χ1n) is 7.09. The topological polar surface area (TPSA) is 49.2 Å². The molecule has 3 rings (SSSR count). The predicted molar refractivity (Wildman–Crippen MR) is 72.9 cm³/mol. The van der Waals surface area contributed by atoms with Crippen LogP contribution < -0.4 is 4.90 Å². The molecule has 0 saturated carbocycles. The summed E-state index contributed by atoms with van der Waals surface area (Å²) in [6, 6.07) is 5.89. The third-order valence-electron chi connectivity index (χ3n) is 4.23.